The van der Waals surface area contributed by atoms with E-state index in [1.54, 1.807) is 40.1 Å². The van der Waals surface area contributed by atoms with Crippen molar-refractivity contribution in [2.45, 2.75) is 72.8 Å². The number of aliphatic carboxylic acids is 1. The molecule has 0 bridgehead atoms. The van der Waals surface area contributed by atoms with E-state index in [1.165, 1.54) is 6.92 Å². The van der Waals surface area contributed by atoms with Crippen molar-refractivity contribution >= 4 is 63.2 Å². The van der Waals surface area contributed by atoms with E-state index in [1.807, 2.05) is 47.8 Å². The molecule has 0 fully saturated rings. The van der Waals surface area contributed by atoms with Crippen LogP contribution in [0.15, 0.2) is 36.9 Å². The van der Waals surface area contributed by atoms with Crippen LogP contribution in [-0.2, 0) is 41.5 Å². The largest absolute Gasteiger partial charge is 0.480 e. The summed E-state index contributed by atoms with van der Waals surface area (Å²) in [5, 5.41) is 16.6. The quantitative estimate of drug-likeness (QED) is 0.197. The lowest BCUT2D eigenvalue weighted by Crippen LogP contribution is -2.41. The van der Waals surface area contributed by atoms with Gasteiger partial charge in [-0.1, -0.05) is 30.6 Å². The first kappa shape index (κ1) is 39.1. The minimum Gasteiger partial charge on any atom is -0.480 e. The number of carbonyl (C=O) groups is 3. The molecule has 0 saturated carbocycles. The van der Waals surface area contributed by atoms with Crippen LogP contribution in [0.4, 0.5) is 4.79 Å². The minimum absolute atomic E-state index is 0. The van der Waals surface area contributed by atoms with Crippen molar-refractivity contribution < 1.29 is 24.2 Å². The van der Waals surface area contributed by atoms with Crippen molar-refractivity contribution in [1.29, 1.82) is 0 Å². The number of nitrogens with zero attached hydrogens (tertiary/aromatic N) is 4. The van der Waals surface area contributed by atoms with E-state index >= 15 is 0 Å². The van der Waals surface area contributed by atoms with Gasteiger partial charge in [0.25, 0.3) is 0 Å². The predicted octanol–water partition coefficient (Wildman–Crippen LogP) is 4.50. The van der Waals surface area contributed by atoms with Crippen LogP contribution in [-0.4, -0.2) is 59.9 Å². The molecule has 0 aliphatic carbocycles. The Morgan fingerprint density at radius 2 is 1.44 bits per heavy atom. The zero-order chi connectivity index (χ0) is 33.4. The highest BCUT2D eigenvalue weighted by molar-refractivity contribution is 6.35. The van der Waals surface area contributed by atoms with E-state index in [0.29, 0.717) is 18.1 Å². The van der Waals surface area contributed by atoms with E-state index in [-0.39, 0.29) is 13.3 Å². The fraction of sp³-hybridized carbons (Fsp3) is 0.433. The molecular formula is C30H44Cl2N8O5. The molecule has 0 spiro atoms. The lowest BCUT2D eigenvalue weighted by atomic mass is 10.2. The van der Waals surface area contributed by atoms with E-state index in [0.717, 1.165) is 38.2 Å². The highest BCUT2D eigenvalue weighted by Gasteiger charge is 2.20. The molecule has 4 aromatic heterocycles. The maximum Gasteiger partial charge on any atom is 0.408 e. The Labute approximate surface area is 273 Å². The molecule has 45 heavy (non-hydrogen) atoms. The highest BCUT2D eigenvalue weighted by Crippen LogP contribution is 2.25. The maximum atomic E-state index is 11.4. The van der Waals surface area contributed by atoms with Crippen molar-refractivity contribution in [2.24, 2.45) is 25.6 Å². The number of carbonyl (C=O) groups excluding carboxylic acids is 2. The number of fused-ring (bicyclic) bond motifs is 2. The Morgan fingerprint density at radius 3 is 1.87 bits per heavy atom. The molecule has 0 aromatic carbocycles. The Morgan fingerprint density at radius 1 is 0.978 bits per heavy atom. The molecular weight excluding hydrogens is 623 g/mol. The van der Waals surface area contributed by atoms with Crippen molar-refractivity contribution in [1.82, 2.24) is 29.7 Å². The lowest BCUT2D eigenvalue weighted by molar-refractivity contribution is -0.139. The third-order valence-electron chi connectivity index (χ3n) is 5.86. The number of hydrogen-bond donors (Lipinski definition) is 5. The Balaban J connectivity index is 0.000000341. The summed E-state index contributed by atoms with van der Waals surface area (Å²) in [6, 6.07) is 2.45. The molecule has 4 heterocycles. The van der Waals surface area contributed by atoms with E-state index in [4.69, 9.17) is 44.5 Å². The average Bonchev–Trinajstić information content (AvgIpc) is 3.39. The second-order valence-corrected chi connectivity index (χ2v) is 11.8. The van der Waals surface area contributed by atoms with Crippen LogP contribution in [0.25, 0.3) is 22.1 Å². The van der Waals surface area contributed by atoms with Crippen molar-refractivity contribution in [2.75, 3.05) is 0 Å². The molecule has 13 nitrogen and oxygen atoms in total. The number of amides is 2. The fourth-order valence-electron chi connectivity index (χ4n) is 3.62. The summed E-state index contributed by atoms with van der Waals surface area (Å²) in [5.74, 6) is -1.28. The molecule has 4 rings (SSSR count). The minimum atomic E-state index is -1.09. The summed E-state index contributed by atoms with van der Waals surface area (Å²) in [6.07, 6.45) is 6.43. The average molecular weight is 668 g/mol. The molecule has 15 heteroatoms. The number of ether oxygens (including phenoxy) is 1. The number of halogens is 2. The van der Waals surface area contributed by atoms with Crippen LogP contribution in [0.1, 0.15) is 53.2 Å². The Bertz CT molecular complexity index is 1610. The topological polar surface area (TPSA) is 192 Å². The van der Waals surface area contributed by atoms with Gasteiger partial charge < -0.3 is 41.1 Å². The van der Waals surface area contributed by atoms with Gasteiger partial charge in [0, 0.05) is 62.7 Å². The summed E-state index contributed by atoms with van der Waals surface area (Å²) >= 11 is 12.1. The van der Waals surface area contributed by atoms with Gasteiger partial charge in [0.2, 0.25) is 5.91 Å². The number of hydrogen-bond acceptors (Lipinski definition) is 8. The van der Waals surface area contributed by atoms with Crippen LogP contribution >= 0.6 is 23.2 Å². The number of aryl methyl sites for hydroxylation is 2. The number of rotatable bonds is 6. The molecule has 7 N–H and O–H groups in total. The fourth-order valence-corrected chi connectivity index (χ4v) is 4.19. The number of carboxylic acid groups (broad SMARTS) is 1. The first-order valence-electron chi connectivity index (χ1n) is 13.6. The number of alkyl carbamates (subject to hydrolysis) is 1. The summed E-state index contributed by atoms with van der Waals surface area (Å²) in [6.45, 7) is 9.02. The molecule has 2 atom stereocenters. The third-order valence-corrected chi connectivity index (χ3v) is 6.47. The summed E-state index contributed by atoms with van der Waals surface area (Å²) in [5.41, 5.74) is 14.0. The number of nitrogens with one attached hydrogen (secondary N) is 2. The summed E-state index contributed by atoms with van der Waals surface area (Å²) < 4.78 is 8.61. The van der Waals surface area contributed by atoms with Crippen LogP contribution in [0.5, 0.6) is 0 Å². The molecule has 0 aliphatic rings. The zero-order valence-electron chi connectivity index (χ0n) is 25.8. The van der Waals surface area contributed by atoms with Crippen LogP contribution in [0.2, 0.25) is 10.0 Å². The van der Waals surface area contributed by atoms with Gasteiger partial charge in [0.1, 0.15) is 22.9 Å². The van der Waals surface area contributed by atoms with Gasteiger partial charge in [0.15, 0.2) is 0 Å². The van der Waals surface area contributed by atoms with Crippen LogP contribution < -0.4 is 22.1 Å². The Kier molecular flexibility index (Phi) is 14.7. The number of pyridine rings is 2. The van der Waals surface area contributed by atoms with Crippen LogP contribution in [0.3, 0.4) is 0 Å². The maximum absolute atomic E-state index is 11.4. The van der Waals surface area contributed by atoms with Gasteiger partial charge in [-0.2, -0.15) is 0 Å². The number of nitrogens with two attached hydrogens (primary N) is 2. The standard InChI is InChI=1S/C12H15ClN4O.C9H10ClN3.C8H15NO4.CH4/c1-7(14)12(18)16-5-8-3-9-10(13)6-17(2)11(9)15-4-8;1-13-5-8(10)7-2-6(3-11)4-12-9(7)13;1-5(6(10)11)9-7(12)13-8(2,3)4;/h3-4,6-7H,5,14H2,1-2H3,(H,16,18);2,4-5H,3,11H2,1H3;5H,1-4H3,(H,9,12)(H,10,11);1H4/t7-;;5-;/m0.0./s1. The molecule has 0 saturated heterocycles. The van der Waals surface area contributed by atoms with E-state index in [2.05, 4.69) is 20.6 Å². The molecule has 0 aliphatic heterocycles. The molecule has 248 valence electrons. The van der Waals surface area contributed by atoms with Gasteiger partial charge >= 0.3 is 12.1 Å². The van der Waals surface area contributed by atoms with Gasteiger partial charge in [-0.05, 0) is 57.9 Å². The second-order valence-electron chi connectivity index (χ2n) is 11.0. The third kappa shape index (κ3) is 11.8. The second kappa shape index (κ2) is 17.0. The Hall–Kier alpha value is -3.91. The lowest BCUT2D eigenvalue weighted by Gasteiger charge is -2.20. The van der Waals surface area contributed by atoms with Crippen LogP contribution in [0, 0.1) is 0 Å². The predicted molar refractivity (Wildman–Crippen MR) is 178 cm³/mol. The van der Waals surface area contributed by atoms with Gasteiger partial charge in [-0.25, -0.2) is 14.8 Å². The molecule has 2 amide bonds. The smallest absolute Gasteiger partial charge is 0.408 e. The molecule has 4 aromatic rings. The molecule has 0 radical (unpaired) electrons. The first-order chi connectivity index (χ1) is 20.4. The first-order valence-corrected chi connectivity index (χ1v) is 14.3. The summed E-state index contributed by atoms with van der Waals surface area (Å²) in [7, 11) is 3.81. The SMILES string of the molecule is C.C[C@H](N)C(=O)NCc1cnc2c(c1)c(Cl)cn2C.C[C@H](NC(=O)OC(C)(C)C)C(=O)O.Cn1cc(Cl)c2cc(CN)cnc21. The van der Waals surface area contributed by atoms with Gasteiger partial charge in [-0.15, -0.1) is 0 Å². The number of aromatic nitrogens is 4. The van der Waals surface area contributed by atoms with Gasteiger partial charge in [-0.3, -0.25) is 9.59 Å². The van der Waals surface area contributed by atoms with Crippen molar-refractivity contribution in [3.8, 4) is 0 Å². The van der Waals surface area contributed by atoms with Gasteiger partial charge in [0.05, 0.1) is 16.1 Å². The summed E-state index contributed by atoms with van der Waals surface area (Å²) in [4.78, 5) is 41.3. The normalized spacial score (nSPS) is 12.1. The monoisotopic (exact) mass is 666 g/mol. The van der Waals surface area contributed by atoms with Crippen molar-refractivity contribution in [3.63, 3.8) is 0 Å². The highest BCUT2D eigenvalue weighted by atomic mass is 35.5. The van der Waals surface area contributed by atoms with Crippen molar-refractivity contribution in [3.05, 3.63) is 58.1 Å². The van der Waals surface area contributed by atoms with E-state index in [9.17, 15) is 14.4 Å². The molecule has 0 unspecified atom stereocenters. The zero-order valence-corrected chi connectivity index (χ0v) is 27.3. The van der Waals surface area contributed by atoms with E-state index < -0.39 is 29.7 Å². The number of carboxylic acids is 1.